The quantitative estimate of drug-likeness (QED) is 0.107. The molecule has 0 amide bonds. The molecule has 2 aromatic rings. The van der Waals surface area contributed by atoms with E-state index < -0.39 is 61.6 Å². The molecule has 2 rings (SSSR count). The second kappa shape index (κ2) is 19.7. The number of benzene rings is 2. The van der Waals surface area contributed by atoms with Gasteiger partial charge in [0.05, 0.1) is 32.8 Å². The van der Waals surface area contributed by atoms with E-state index in [0.29, 0.717) is 35.8 Å². The summed E-state index contributed by atoms with van der Waals surface area (Å²) < 4.78 is 10.8. The molecule has 0 bridgehead atoms. The van der Waals surface area contributed by atoms with Gasteiger partial charge in [0.25, 0.3) is 0 Å². The SMILES string of the molecule is CCOc1ccc(CC(C(=O)O)N(CCN(CCN(CC(=O)O)C(Cc2ccc(OCC)cc2)C(=O)O)CC(=O)O)CC(=O)O)cc1. The molecule has 5 N–H and O–H groups in total. The molecule has 0 spiro atoms. The highest BCUT2D eigenvalue weighted by molar-refractivity contribution is 5.77. The van der Waals surface area contributed by atoms with Gasteiger partial charge in [-0.05, 0) is 62.1 Å². The van der Waals surface area contributed by atoms with E-state index in [0.717, 1.165) is 0 Å². The van der Waals surface area contributed by atoms with Gasteiger partial charge in [-0.15, -0.1) is 0 Å². The van der Waals surface area contributed by atoms with Gasteiger partial charge in [-0.2, -0.15) is 0 Å². The van der Waals surface area contributed by atoms with Gasteiger partial charge in [0.15, 0.2) is 0 Å². The molecule has 0 aliphatic carbocycles. The predicted molar refractivity (Wildman–Crippen MR) is 168 cm³/mol. The highest BCUT2D eigenvalue weighted by Gasteiger charge is 2.30. The van der Waals surface area contributed by atoms with Gasteiger partial charge < -0.3 is 35.0 Å². The monoisotopic (exact) mass is 661 g/mol. The standard InChI is InChI=1S/C32H43N3O12/c1-3-46-24-9-5-22(6-10-24)17-26(31(42)43)34(20-29(38)39)15-13-33(19-28(36)37)14-16-35(21-30(40)41)27(32(44)45)18-23-7-11-25(12-8-23)47-4-2/h5-12,26-27H,3-4,13-21H2,1-2H3,(H,36,37)(H,38,39)(H,40,41)(H,42,43)(H,44,45). The number of carboxylic acids is 5. The van der Waals surface area contributed by atoms with Crippen molar-refractivity contribution in [3.05, 3.63) is 59.7 Å². The minimum atomic E-state index is -1.28. The first kappa shape index (κ1) is 38.5. The first-order valence-corrected chi connectivity index (χ1v) is 15.1. The van der Waals surface area contributed by atoms with Crippen LogP contribution in [0.15, 0.2) is 48.5 Å². The molecule has 47 heavy (non-hydrogen) atoms. The van der Waals surface area contributed by atoms with Crippen molar-refractivity contribution < 1.29 is 59.0 Å². The Morgan fingerprint density at radius 3 is 1.17 bits per heavy atom. The topological polar surface area (TPSA) is 215 Å². The molecule has 15 heteroatoms. The van der Waals surface area contributed by atoms with E-state index in [1.165, 1.54) is 14.7 Å². The summed E-state index contributed by atoms with van der Waals surface area (Å²) >= 11 is 0. The van der Waals surface area contributed by atoms with Crippen molar-refractivity contribution in [1.29, 1.82) is 0 Å². The lowest BCUT2D eigenvalue weighted by atomic mass is 10.0. The summed E-state index contributed by atoms with van der Waals surface area (Å²) in [6.07, 6.45) is -0.0711. The number of aliphatic carboxylic acids is 5. The third-order valence-electron chi connectivity index (χ3n) is 7.22. The van der Waals surface area contributed by atoms with E-state index in [4.69, 9.17) is 9.47 Å². The number of hydrogen-bond acceptors (Lipinski definition) is 10. The maximum Gasteiger partial charge on any atom is 0.321 e. The third-order valence-corrected chi connectivity index (χ3v) is 7.22. The van der Waals surface area contributed by atoms with E-state index in [1.54, 1.807) is 48.5 Å². The number of nitrogens with zero attached hydrogens (tertiary/aromatic N) is 3. The average Bonchev–Trinajstić information content (AvgIpc) is 2.99. The molecule has 0 saturated carbocycles. The van der Waals surface area contributed by atoms with Crippen LogP contribution < -0.4 is 9.47 Å². The average molecular weight is 662 g/mol. The number of carboxylic acid groups (broad SMARTS) is 5. The van der Waals surface area contributed by atoms with Gasteiger partial charge in [0, 0.05) is 26.2 Å². The van der Waals surface area contributed by atoms with Gasteiger partial charge in [0.2, 0.25) is 0 Å². The van der Waals surface area contributed by atoms with Gasteiger partial charge >= 0.3 is 29.8 Å². The zero-order chi connectivity index (χ0) is 34.9. The van der Waals surface area contributed by atoms with Crippen molar-refractivity contribution in [2.45, 2.75) is 38.8 Å². The van der Waals surface area contributed by atoms with Gasteiger partial charge in [-0.25, -0.2) is 0 Å². The van der Waals surface area contributed by atoms with Crippen LogP contribution in [0.25, 0.3) is 0 Å². The minimum Gasteiger partial charge on any atom is -0.494 e. The van der Waals surface area contributed by atoms with Crippen molar-refractivity contribution in [1.82, 2.24) is 14.7 Å². The fraction of sp³-hybridized carbons (Fsp3) is 0.469. The molecule has 2 atom stereocenters. The molecule has 0 aliphatic rings. The van der Waals surface area contributed by atoms with Crippen molar-refractivity contribution in [3.8, 4) is 11.5 Å². The van der Waals surface area contributed by atoms with Gasteiger partial charge in [-0.3, -0.25) is 38.7 Å². The van der Waals surface area contributed by atoms with Gasteiger partial charge in [0.1, 0.15) is 23.6 Å². The molecule has 0 radical (unpaired) electrons. The molecular formula is C32H43N3O12. The zero-order valence-electron chi connectivity index (χ0n) is 26.5. The van der Waals surface area contributed by atoms with Crippen LogP contribution in [0.4, 0.5) is 0 Å². The summed E-state index contributed by atoms with van der Waals surface area (Å²) in [5, 5.41) is 48.6. The highest BCUT2D eigenvalue weighted by atomic mass is 16.5. The molecule has 15 nitrogen and oxygen atoms in total. The van der Waals surface area contributed by atoms with Crippen LogP contribution in [0, 0.1) is 0 Å². The predicted octanol–water partition coefficient (Wildman–Crippen LogP) is 1.34. The summed E-state index contributed by atoms with van der Waals surface area (Å²) in [6, 6.07) is 10.9. The van der Waals surface area contributed by atoms with Crippen LogP contribution in [-0.2, 0) is 36.8 Å². The molecule has 0 heterocycles. The lowest BCUT2D eigenvalue weighted by Crippen LogP contribution is -2.51. The van der Waals surface area contributed by atoms with Crippen LogP contribution in [0.5, 0.6) is 11.5 Å². The number of hydrogen-bond donors (Lipinski definition) is 5. The lowest BCUT2D eigenvalue weighted by Gasteiger charge is -2.32. The van der Waals surface area contributed by atoms with Crippen molar-refractivity contribution in [3.63, 3.8) is 0 Å². The second-order valence-electron chi connectivity index (χ2n) is 10.7. The summed E-state index contributed by atoms with van der Waals surface area (Å²) in [7, 11) is 0. The van der Waals surface area contributed by atoms with E-state index in [-0.39, 0.29) is 39.0 Å². The molecule has 0 fully saturated rings. The molecule has 0 aliphatic heterocycles. The Morgan fingerprint density at radius 1 is 0.553 bits per heavy atom. The Bertz CT molecular complexity index is 1230. The normalized spacial score (nSPS) is 12.5. The highest BCUT2D eigenvalue weighted by Crippen LogP contribution is 2.17. The van der Waals surface area contributed by atoms with Crippen LogP contribution in [0.3, 0.4) is 0 Å². The first-order chi connectivity index (χ1) is 22.3. The lowest BCUT2D eigenvalue weighted by molar-refractivity contribution is -0.147. The Labute approximate surface area is 272 Å². The van der Waals surface area contributed by atoms with Crippen LogP contribution >= 0.6 is 0 Å². The van der Waals surface area contributed by atoms with E-state index >= 15 is 0 Å². The van der Waals surface area contributed by atoms with Crippen molar-refractivity contribution in [2.75, 3.05) is 59.0 Å². The Morgan fingerprint density at radius 2 is 0.894 bits per heavy atom. The first-order valence-electron chi connectivity index (χ1n) is 15.1. The van der Waals surface area contributed by atoms with Crippen LogP contribution in [0.2, 0.25) is 0 Å². The molecule has 258 valence electrons. The van der Waals surface area contributed by atoms with Crippen LogP contribution in [-0.4, -0.2) is 141 Å². The molecular weight excluding hydrogens is 618 g/mol. The van der Waals surface area contributed by atoms with E-state index in [2.05, 4.69) is 0 Å². The van der Waals surface area contributed by atoms with E-state index in [9.17, 15) is 49.5 Å². The van der Waals surface area contributed by atoms with E-state index in [1.807, 2.05) is 13.8 Å². The maximum absolute atomic E-state index is 12.3. The molecule has 0 aromatic heterocycles. The third kappa shape index (κ3) is 14.1. The fourth-order valence-electron chi connectivity index (χ4n) is 5.01. The summed E-state index contributed by atoms with van der Waals surface area (Å²) in [6.45, 7) is 2.25. The largest absolute Gasteiger partial charge is 0.494 e. The van der Waals surface area contributed by atoms with Crippen molar-refractivity contribution >= 4 is 29.8 Å². The van der Waals surface area contributed by atoms with Gasteiger partial charge in [-0.1, -0.05) is 24.3 Å². The Balaban J connectivity index is 2.22. The summed E-state index contributed by atoms with van der Waals surface area (Å²) in [4.78, 5) is 63.5. The zero-order valence-corrected chi connectivity index (χ0v) is 26.5. The number of rotatable bonds is 24. The molecule has 0 saturated heterocycles. The Hall–Kier alpha value is -4.73. The van der Waals surface area contributed by atoms with Crippen LogP contribution in [0.1, 0.15) is 25.0 Å². The molecule has 2 unspecified atom stereocenters. The summed E-state index contributed by atoms with van der Waals surface area (Å²) in [5.41, 5.74) is 1.24. The maximum atomic E-state index is 12.3. The number of ether oxygens (including phenoxy) is 2. The summed E-state index contributed by atoms with van der Waals surface area (Å²) in [5.74, 6) is -5.13. The minimum absolute atomic E-state index is 0.0355. The second-order valence-corrected chi connectivity index (χ2v) is 10.7. The smallest absolute Gasteiger partial charge is 0.321 e. The fourth-order valence-corrected chi connectivity index (χ4v) is 5.01. The molecule has 2 aromatic carbocycles. The number of carbonyl (C=O) groups is 5. The Kier molecular flexibility index (Phi) is 16.1. The van der Waals surface area contributed by atoms with Crippen molar-refractivity contribution in [2.24, 2.45) is 0 Å².